The second-order valence-electron chi connectivity index (χ2n) is 5.67. The summed E-state index contributed by atoms with van der Waals surface area (Å²) < 4.78 is 32.0. The summed E-state index contributed by atoms with van der Waals surface area (Å²) in [7, 11) is 0. The van der Waals surface area contributed by atoms with Gasteiger partial charge in [-0.15, -0.1) is 0 Å². The fourth-order valence-corrected chi connectivity index (χ4v) is 2.29. The van der Waals surface area contributed by atoms with E-state index in [0.29, 0.717) is 11.5 Å². The van der Waals surface area contributed by atoms with Gasteiger partial charge in [0.05, 0.1) is 5.56 Å². The summed E-state index contributed by atoms with van der Waals surface area (Å²) in [6.07, 6.45) is 0. The molecule has 0 saturated carbocycles. The number of hydrogen-bond donors (Lipinski definition) is 3. The summed E-state index contributed by atoms with van der Waals surface area (Å²) in [5.74, 6) is -1.15. The molecule has 138 valence electrons. The monoisotopic (exact) mass is 370 g/mol. The number of aromatic nitrogens is 1. The Morgan fingerprint density at radius 3 is 2.19 bits per heavy atom. The molecule has 0 aliphatic carbocycles. The van der Waals surface area contributed by atoms with Crippen LogP contribution >= 0.6 is 0 Å². The molecular formula is C19H16F2N4O2. The molecule has 0 bridgehead atoms. The normalized spacial score (nSPS) is 10.4. The number of rotatable bonds is 5. The molecule has 0 atom stereocenters. The Hall–Kier alpha value is -3.68. The lowest BCUT2D eigenvalue weighted by Gasteiger charge is -2.09. The van der Waals surface area contributed by atoms with Crippen molar-refractivity contribution >= 4 is 17.5 Å². The van der Waals surface area contributed by atoms with Crippen molar-refractivity contribution in [1.82, 2.24) is 10.3 Å². The minimum Gasteiger partial charge on any atom is -0.457 e. The molecule has 3 aromatic rings. The van der Waals surface area contributed by atoms with E-state index in [1.54, 1.807) is 24.3 Å². The van der Waals surface area contributed by atoms with E-state index < -0.39 is 11.7 Å². The number of ether oxygens (including phenoxy) is 1. The van der Waals surface area contributed by atoms with Crippen LogP contribution in [0.3, 0.4) is 0 Å². The standard InChI is InChI=1S/C19H16F2N4O2/c20-12-3-7-14(8-4-12)27-13-5-1-11(2-6-13)10-24-19(26)15-9-16(21)18(23)25-17(15)22/h1-9H,10H2,(H,24,26)(H4,22,23,25). The van der Waals surface area contributed by atoms with E-state index in [2.05, 4.69) is 10.3 Å². The Bertz CT molecular complexity index is 961. The van der Waals surface area contributed by atoms with Crippen LogP contribution in [-0.2, 0) is 6.54 Å². The second-order valence-corrected chi connectivity index (χ2v) is 5.67. The Labute approximate surface area is 153 Å². The van der Waals surface area contributed by atoms with Crippen molar-refractivity contribution in [1.29, 1.82) is 0 Å². The van der Waals surface area contributed by atoms with E-state index in [4.69, 9.17) is 16.2 Å². The molecule has 3 rings (SSSR count). The van der Waals surface area contributed by atoms with Crippen LogP contribution in [0, 0.1) is 11.6 Å². The lowest BCUT2D eigenvalue weighted by molar-refractivity contribution is 0.0951. The molecule has 0 aliphatic heterocycles. The topological polar surface area (TPSA) is 103 Å². The largest absolute Gasteiger partial charge is 0.457 e. The van der Waals surface area contributed by atoms with Crippen LogP contribution in [0.2, 0.25) is 0 Å². The van der Waals surface area contributed by atoms with Gasteiger partial charge in [0.25, 0.3) is 5.91 Å². The molecule has 1 amide bonds. The predicted octanol–water partition coefficient (Wildman–Crippen LogP) is 3.25. The molecule has 1 aromatic heterocycles. The van der Waals surface area contributed by atoms with E-state index in [1.807, 2.05) is 0 Å². The van der Waals surface area contributed by atoms with E-state index >= 15 is 0 Å². The number of nitrogens with one attached hydrogen (secondary N) is 1. The number of pyridine rings is 1. The van der Waals surface area contributed by atoms with E-state index in [1.165, 1.54) is 24.3 Å². The highest BCUT2D eigenvalue weighted by Crippen LogP contribution is 2.22. The van der Waals surface area contributed by atoms with Gasteiger partial charge in [-0.25, -0.2) is 13.8 Å². The maximum Gasteiger partial charge on any atom is 0.255 e. The summed E-state index contributed by atoms with van der Waals surface area (Å²) in [5, 5.41) is 2.63. The van der Waals surface area contributed by atoms with Crippen molar-refractivity contribution in [2.24, 2.45) is 0 Å². The number of nitrogen functional groups attached to an aromatic ring is 2. The predicted molar refractivity (Wildman–Crippen MR) is 97.1 cm³/mol. The maximum absolute atomic E-state index is 13.5. The maximum atomic E-state index is 13.5. The molecule has 8 heteroatoms. The fourth-order valence-electron chi connectivity index (χ4n) is 2.29. The average Bonchev–Trinajstić information content (AvgIpc) is 2.66. The molecule has 2 aromatic carbocycles. The van der Waals surface area contributed by atoms with Crippen molar-refractivity contribution in [2.75, 3.05) is 11.5 Å². The number of amides is 1. The van der Waals surface area contributed by atoms with Gasteiger partial charge < -0.3 is 21.5 Å². The summed E-state index contributed by atoms with van der Waals surface area (Å²) >= 11 is 0. The zero-order chi connectivity index (χ0) is 19.4. The van der Waals surface area contributed by atoms with E-state index in [9.17, 15) is 13.6 Å². The Kier molecular flexibility index (Phi) is 5.16. The van der Waals surface area contributed by atoms with Crippen LogP contribution in [0.15, 0.2) is 54.6 Å². The molecule has 0 unspecified atom stereocenters. The van der Waals surface area contributed by atoms with Crippen molar-refractivity contribution in [3.63, 3.8) is 0 Å². The first kappa shape index (κ1) is 18.1. The van der Waals surface area contributed by atoms with Gasteiger partial charge >= 0.3 is 0 Å². The minimum atomic E-state index is -0.809. The molecular weight excluding hydrogens is 354 g/mol. The number of carbonyl (C=O) groups is 1. The van der Waals surface area contributed by atoms with Gasteiger partial charge in [-0.1, -0.05) is 12.1 Å². The third kappa shape index (κ3) is 4.49. The van der Waals surface area contributed by atoms with Crippen molar-refractivity contribution in [2.45, 2.75) is 6.54 Å². The van der Waals surface area contributed by atoms with Crippen LogP contribution < -0.4 is 21.5 Å². The molecule has 0 spiro atoms. The molecule has 0 saturated heterocycles. The smallest absolute Gasteiger partial charge is 0.255 e. The summed E-state index contributed by atoms with van der Waals surface area (Å²) in [4.78, 5) is 15.7. The van der Waals surface area contributed by atoms with Gasteiger partial charge in [0.2, 0.25) is 0 Å². The zero-order valence-electron chi connectivity index (χ0n) is 14.1. The molecule has 6 nitrogen and oxygen atoms in total. The van der Waals surface area contributed by atoms with E-state index in [0.717, 1.165) is 11.6 Å². The number of nitrogens with zero attached hydrogens (tertiary/aromatic N) is 1. The lowest BCUT2D eigenvalue weighted by atomic mass is 10.2. The van der Waals surface area contributed by atoms with Crippen LogP contribution in [0.25, 0.3) is 0 Å². The Morgan fingerprint density at radius 2 is 1.56 bits per heavy atom. The summed E-state index contributed by atoms with van der Waals surface area (Å²) in [6.45, 7) is 0.196. The highest BCUT2D eigenvalue weighted by Gasteiger charge is 2.14. The van der Waals surface area contributed by atoms with Crippen molar-refractivity contribution in [3.8, 4) is 11.5 Å². The first-order chi connectivity index (χ1) is 12.9. The molecule has 27 heavy (non-hydrogen) atoms. The van der Waals surface area contributed by atoms with Gasteiger partial charge in [0.1, 0.15) is 23.1 Å². The second kappa shape index (κ2) is 7.69. The summed E-state index contributed by atoms with van der Waals surface area (Å²) in [6, 6.07) is 13.5. The van der Waals surface area contributed by atoms with Crippen molar-refractivity contribution in [3.05, 3.63) is 77.4 Å². The minimum absolute atomic E-state index is 0.0852. The van der Waals surface area contributed by atoms with E-state index in [-0.39, 0.29) is 29.6 Å². The third-order valence-corrected chi connectivity index (χ3v) is 3.70. The molecule has 0 aliphatic rings. The molecule has 0 fully saturated rings. The SMILES string of the molecule is Nc1nc(N)c(C(=O)NCc2ccc(Oc3ccc(F)cc3)cc2)cc1F. The number of anilines is 2. The summed E-state index contributed by atoms with van der Waals surface area (Å²) in [5.41, 5.74) is 11.6. The first-order valence-corrected chi connectivity index (χ1v) is 7.94. The highest BCUT2D eigenvalue weighted by molar-refractivity contribution is 5.98. The zero-order valence-corrected chi connectivity index (χ0v) is 14.1. The number of hydrogen-bond acceptors (Lipinski definition) is 5. The molecule has 1 heterocycles. The molecule has 0 radical (unpaired) electrons. The van der Waals surface area contributed by atoms with Gasteiger partial charge in [-0.3, -0.25) is 4.79 Å². The Balaban J connectivity index is 1.61. The van der Waals surface area contributed by atoms with Gasteiger partial charge in [0, 0.05) is 6.54 Å². The Morgan fingerprint density at radius 1 is 0.963 bits per heavy atom. The molecule has 5 N–H and O–H groups in total. The third-order valence-electron chi connectivity index (χ3n) is 3.70. The first-order valence-electron chi connectivity index (χ1n) is 7.94. The number of carbonyl (C=O) groups excluding carboxylic acids is 1. The van der Waals surface area contributed by atoms with Crippen LogP contribution in [0.5, 0.6) is 11.5 Å². The highest BCUT2D eigenvalue weighted by atomic mass is 19.1. The van der Waals surface area contributed by atoms with Gasteiger partial charge in [0.15, 0.2) is 11.6 Å². The van der Waals surface area contributed by atoms with Crippen molar-refractivity contribution < 1.29 is 18.3 Å². The van der Waals surface area contributed by atoms with Crippen LogP contribution in [0.4, 0.5) is 20.4 Å². The fraction of sp³-hybridized carbons (Fsp3) is 0.0526. The van der Waals surface area contributed by atoms with Gasteiger partial charge in [-0.2, -0.15) is 0 Å². The number of benzene rings is 2. The average molecular weight is 370 g/mol. The number of nitrogens with two attached hydrogens (primary N) is 2. The quantitative estimate of drug-likeness (QED) is 0.640. The lowest BCUT2D eigenvalue weighted by Crippen LogP contribution is -2.24. The van der Waals surface area contributed by atoms with Gasteiger partial charge in [-0.05, 0) is 48.0 Å². The van der Waals surface area contributed by atoms with Crippen LogP contribution in [0.1, 0.15) is 15.9 Å². The number of halogens is 2. The van der Waals surface area contributed by atoms with Crippen LogP contribution in [-0.4, -0.2) is 10.9 Å².